The number of carbonyl (C=O) groups is 1. The van der Waals surface area contributed by atoms with Gasteiger partial charge in [-0.3, -0.25) is 9.48 Å². The van der Waals surface area contributed by atoms with Gasteiger partial charge in [0.2, 0.25) is 0 Å². The molecule has 0 aliphatic rings. The molecule has 4 rings (SSSR count). The van der Waals surface area contributed by atoms with Gasteiger partial charge in [0.05, 0.1) is 6.54 Å². The number of aromatic nitrogens is 4. The van der Waals surface area contributed by atoms with E-state index < -0.39 is 0 Å². The predicted octanol–water partition coefficient (Wildman–Crippen LogP) is 4.49. The highest BCUT2D eigenvalue weighted by atomic mass is 79.9. The Balaban J connectivity index is 1.32. The van der Waals surface area contributed by atoms with Gasteiger partial charge in [-0.1, -0.05) is 45.8 Å². The van der Waals surface area contributed by atoms with E-state index in [1.54, 1.807) is 27.7 Å². The van der Waals surface area contributed by atoms with E-state index in [2.05, 4.69) is 62.6 Å². The molecule has 0 aliphatic carbocycles. The summed E-state index contributed by atoms with van der Waals surface area (Å²) in [6.45, 7) is 2.90. The Morgan fingerprint density at radius 1 is 0.967 bits per heavy atom. The van der Waals surface area contributed by atoms with Crippen LogP contribution in [0.3, 0.4) is 0 Å². The average Bonchev–Trinajstić information content (AvgIpc) is 3.39. The molecular formula is C22H20BrN5O2. The van der Waals surface area contributed by atoms with Gasteiger partial charge < -0.3 is 10.1 Å². The number of carbonyl (C=O) groups excluding carboxylic acids is 1. The van der Waals surface area contributed by atoms with Crippen molar-refractivity contribution in [1.82, 2.24) is 19.6 Å². The van der Waals surface area contributed by atoms with E-state index in [0.717, 1.165) is 15.8 Å². The maximum atomic E-state index is 12.5. The minimum absolute atomic E-state index is 0.208. The minimum Gasteiger partial charge on any atom is -0.471 e. The van der Waals surface area contributed by atoms with Crippen LogP contribution in [0.5, 0.6) is 5.75 Å². The first-order chi connectivity index (χ1) is 14.5. The highest BCUT2D eigenvalue weighted by Gasteiger charge is 2.12. The number of hydrogen-bond donors (Lipinski definition) is 1. The monoisotopic (exact) mass is 465 g/mol. The average molecular weight is 466 g/mol. The molecule has 7 nitrogen and oxygen atoms in total. The molecule has 0 bridgehead atoms. The number of anilines is 1. The lowest BCUT2D eigenvalue weighted by atomic mass is 10.1. The van der Waals surface area contributed by atoms with Crippen LogP contribution < -0.4 is 10.1 Å². The van der Waals surface area contributed by atoms with Crippen molar-refractivity contribution in [3.63, 3.8) is 0 Å². The number of ether oxygens (including phenoxy) is 1. The quantitative estimate of drug-likeness (QED) is 0.436. The van der Waals surface area contributed by atoms with Crippen molar-refractivity contribution in [2.24, 2.45) is 0 Å². The second kappa shape index (κ2) is 8.96. The van der Waals surface area contributed by atoms with Crippen LogP contribution in [0, 0.1) is 6.92 Å². The fourth-order valence-corrected chi connectivity index (χ4v) is 3.07. The predicted molar refractivity (Wildman–Crippen MR) is 117 cm³/mol. The number of nitrogens with one attached hydrogen (secondary N) is 1. The first-order valence-electron chi connectivity index (χ1n) is 9.37. The van der Waals surface area contributed by atoms with Crippen LogP contribution in [0.4, 0.5) is 5.82 Å². The van der Waals surface area contributed by atoms with Crippen LogP contribution in [-0.2, 0) is 13.3 Å². The summed E-state index contributed by atoms with van der Waals surface area (Å²) in [5.41, 5.74) is 2.66. The van der Waals surface area contributed by atoms with E-state index in [1.165, 1.54) is 5.56 Å². The fourth-order valence-electron chi connectivity index (χ4n) is 2.80. The molecule has 2 aromatic carbocycles. The van der Waals surface area contributed by atoms with Gasteiger partial charge in [0, 0.05) is 22.9 Å². The van der Waals surface area contributed by atoms with Crippen LogP contribution >= 0.6 is 15.9 Å². The highest BCUT2D eigenvalue weighted by Crippen LogP contribution is 2.16. The van der Waals surface area contributed by atoms with Gasteiger partial charge >= 0.3 is 0 Å². The summed E-state index contributed by atoms with van der Waals surface area (Å²) in [7, 11) is 0. The second-order valence-electron chi connectivity index (χ2n) is 6.81. The third kappa shape index (κ3) is 5.15. The van der Waals surface area contributed by atoms with Crippen molar-refractivity contribution in [2.75, 3.05) is 5.32 Å². The molecule has 30 heavy (non-hydrogen) atoms. The smallest absolute Gasteiger partial charge is 0.277 e. The van der Waals surface area contributed by atoms with Crippen LogP contribution in [-0.4, -0.2) is 25.5 Å². The Hall–Kier alpha value is -3.39. The largest absolute Gasteiger partial charge is 0.471 e. The number of rotatable bonds is 7. The first kappa shape index (κ1) is 19.9. The van der Waals surface area contributed by atoms with Crippen LogP contribution in [0.1, 0.15) is 21.6 Å². The van der Waals surface area contributed by atoms with E-state index in [0.29, 0.717) is 18.1 Å². The van der Waals surface area contributed by atoms with Gasteiger partial charge in [0.25, 0.3) is 5.91 Å². The number of aryl methyl sites for hydroxylation is 1. The van der Waals surface area contributed by atoms with Crippen LogP contribution in [0.15, 0.2) is 77.5 Å². The molecule has 1 N–H and O–H groups in total. The third-order valence-corrected chi connectivity index (χ3v) is 4.93. The molecule has 4 aromatic rings. The standard InChI is InChI=1S/C22H20BrN5O2/c1-16-2-4-17(5-3-16)14-27-13-11-21(26-27)24-22(29)20-10-12-28(25-20)15-30-19-8-6-18(23)7-9-19/h2-13H,14-15H2,1H3,(H,24,26,29). The molecule has 152 valence electrons. The van der Waals surface area contributed by atoms with Crippen molar-refractivity contribution in [3.05, 3.63) is 94.4 Å². The molecule has 0 spiro atoms. The van der Waals surface area contributed by atoms with Crippen molar-refractivity contribution >= 4 is 27.7 Å². The number of halogens is 1. The number of hydrogen-bond acceptors (Lipinski definition) is 4. The van der Waals surface area contributed by atoms with E-state index in [-0.39, 0.29) is 12.6 Å². The summed E-state index contributed by atoms with van der Waals surface area (Å²) in [6, 6.07) is 19.2. The molecular weight excluding hydrogens is 446 g/mol. The Labute approximate surface area is 182 Å². The van der Waals surface area contributed by atoms with Gasteiger partial charge in [-0.05, 0) is 42.8 Å². The molecule has 1 amide bonds. The molecule has 0 saturated carbocycles. The number of nitrogens with zero attached hydrogens (tertiary/aromatic N) is 4. The van der Waals surface area contributed by atoms with Crippen molar-refractivity contribution < 1.29 is 9.53 Å². The third-order valence-electron chi connectivity index (χ3n) is 4.40. The Kier molecular flexibility index (Phi) is 5.94. The van der Waals surface area contributed by atoms with Crippen molar-refractivity contribution in [3.8, 4) is 5.75 Å². The highest BCUT2D eigenvalue weighted by molar-refractivity contribution is 9.10. The SMILES string of the molecule is Cc1ccc(Cn2ccc(NC(=O)c3ccn(COc4ccc(Br)cc4)n3)n2)cc1. The summed E-state index contributed by atoms with van der Waals surface area (Å²) in [5, 5.41) is 11.4. The molecule has 8 heteroatoms. The maximum absolute atomic E-state index is 12.5. The first-order valence-corrected chi connectivity index (χ1v) is 10.2. The maximum Gasteiger partial charge on any atom is 0.277 e. The summed E-state index contributed by atoms with van der Waals surface area (Å²) in [4.78, 5) is 12.5. The van der Waals surface area contributed by atoms with Gasteiger partial charge in [0.1, 0.15) is 5.75 Å². The molecule has 0 saturated heterocycles. The molecule has 2 heterocycles. The van der Waals surface area contributed by atoms with Crippen LogP contribution in [0.25, 0.3) is 0 Å². The zero-order valence-corrected chi connectivity index (χ0v) is 17.9. The van der Waals surface area contributed by atoms with Gasteiger partial charge in [-0.15, -0.1) is 0 Å². The van der Waals surface area contributed by atoms with E-state index in [9.17, 15) is 4.79 Å². The Morgan fingerprint density at radius 3 is 2.47 bits per heavy atom. The number of benzene rings is 2. The van der Waals surface area contributed by atoms with Gasteiger partial charge in [-0.2, -0.15) is 10.2 Å². The molecule has 0 unspecified atom stereocenters. The zero-order valence-electron chi connectivity index (χ0n) is 16.3. The van der Waals surface area contributed by atoms with E-state index in [4.69, 9.17) is 4.74 Å². The lowest BCUT2D eigenvalue weighted by Crippen LogP contribution is -2.15. The van der Waals surface area contributed by atoms with Crippen LogP contribution in [0.2, 0.25) is 0 Å². The lowest BCUT2D eigenvalue weighted by Gasteiger charge is -2.06. The van der Waals surface area contributed by atoms with Gasteiger partial charge in [0.15, 0.2) is 18.2 Å². The fraction of sp³-hybridized carbons (Fsp3) is 0.136. The van der Waals surface area contributed by atoms with E-state index in [1.807, 2.05) is 30.5 Å². The van der Waals surface area contributed by atoms with Crippen molar-refractivity contribution in [1.29, 1.82) is 0 Å². The van der Waals surface area contributed by atoms with E-state index >= 15 is 0 Å². The molecule has 0 fully saturated rings. The Bertz CT molecular complexity index is 1130. The lowest BCUT2D eigenvalue weighted by molar-refractivity contribution is 0.101. The minimum atomic E-state index is -0.321. The van der Waals surface area contributed by atoms with Crippen molar-refractivity contribution in [2.45, 2.75) is 20.2 Å². The normalized spacial score (nSPS) is 10.7. The zero-order chi connectivity index (χ0) is 20.9. The van der Waals surface area contributed by atoms with Gasteiger partial charge in [-0.25, -0.2) is 4.68 Å². The molecule has 2 aromatic heterocycles. The number of amides is 1. The molecule has 0 atom stereocenters. The molecule has 0 aliphatic heterocycles. The summed E-state index contributed by atoms with van der Waals surface area (Å²) in [6.07, 6.45) is 3.53. The molecule has 0 radical (unpaired) electrons. The second-order valence-corrected chi connectivity index (χ2v) is 7.72. The topological polar surface area (TPSA) is 74.0 Å². The summed E-state index contributed by atoms with van der Waals surface area (Å²) >= 11 is 3.38. The summed E-state index contributed by atoms with van der Waals surface area (Å²) < 4.78 is 9.98. The Morgan fingerprint density at radius 2 is 1.70 bits per heavy atom. The summed E-state index contributed by atoms with van der Waals surface area (Å²) in [5.74, 6) is 0.879.